The number of hydrogen-bond acceptors (Lipinski definition) is 4. The molecule has 1 aromatic heterocycles. The average Bonchev–Trinajstić information content (AvgIpc) is 3.41. The van der Waals surface area contributed by atoms with Gasteiger partial charge in [-0.2, -0.15) is 27.1 Å². The normalized spacial score (nSPS) is 17.0. The van der Waals surface area contributed by atoms with Gasteiger partial charge in [0.2, 0.25) is 11.8 Å². The van der Waals surface area contributed by atoms with Gasteiger partial charge in [0.1, 0.15) is 24.1 Å². The number of nitrogens with zero attached hydrogens (tertiary/aromatic N) is 3. The molecule has 0 aliphatic heterocycles. The Labute approximate surface area is 239 Å². The second-order valence-corrected chi connectivity index (χ2v) is 10.7. The summed E-state index contributed by atoms with van der Waals surface area (Å²) in [7, 11) is 0.992. The Hall–Kier alpha value is -3.84. The summed E-state index contributed by atoms with van der Waals surface area (Å²) in [6, 6.07) is 3.52. The third-order valence-corrected chi connectivity index (χ3v) is 7.25. The maximum Gasteiger partial charge on any atom is 0.406 e. The predicted molar refractivity (Wildman–Crippen MR) is 142 cm³/mol. The Morgan fingerprint density at radius 1 is 1.10 bits per heavy atom. The molecule has 2 N–H and O–H groups in total. The summed E-state index contributed by atoms with van der Waals surface area (Å²) in [6.07, 6.45) is -4.50. The van der Waals surface area contributed by atoms with Gasteiger partial charge in [-0.25, -0.2) is 4.39 Å². The fourth-order valence-corrected chi connectivity index (χ4v) is 4.96. The van der Waals surface area contributed by atoms with E-state index in [0.717, 1.165) is 13.1 Å². The largest absolute Gasteiger partial charge is 0.406 e. The van der Waals surface area contributed by atoms with Crippen LogP contribution in [-0.4, -0.2) is 58.2 Å². The van der Waals surface area contributed by atoms with E-state index in [2.05, 4.69) is 15.7 Å². The van der Waals surface area contributed by atoms with Crippen LogP contribution in [0.25, 0.3) is 0 Å². The van der Waals surface area contributed by atoms with E-state index in [0.29, 0.717) is 4.90 Å². The third kappa shape index (κ3) is 8.13. The second-order valence-electron chi connectivity index (χ2n) is 10.7. The van der Waals surface area contributed by atoms with Gasteiger partial charge in [0, 0.05) is 19.3 Å². The lowest BCUT2D eigenvalue weighted by atomic mass is 9.81. The van der Waals surface area contributed by atoms with Gasteiger partial charge in [0.05, 0.1) is 11.6 Å². The zero-order chi connectivity index (χ0) is 31.4. The number of carbonyl (C=O) groups is 3. The third-order valence-electron chi connectivity index (χ3n) is 7.25. The standard InChI is InChI=1S/C28H33F6N5O3/c1-15(2)39-22(11-12-35-39)25(40)37-23(17-5-7-18(8-6-17)24(30)31)26(41)36-21-10-9-19(13-20(21)29)16(3)27(42)38(4)14-28(32,33)34/h9-13,15-17,23H,5-8,14H2,1-4H3,(H,36,41)(H,37,40)/t16-,23-/m0/s1. The van der Waals surface area contributed by atoms with Gasteiger partial charge in [-0.1, -0.05) is 6.07 Å². The number of allylic oxidation sites excluding steroid dienone is 1. The van der Waals surface area contributed by atoms with Crippen molar-refractivity contribution in [2.24, 2.45) is 5.92 Å². The van der Waals surface area contributed by atoms with Crippen LogP contribution in [0.15, 0.2) is 42.1 Å². The van der Waals surface area contributed by atoms with E-state index in [9.17, 15) is 36.3 Å². The lowest BCUT2D eigenvalue weighted by Crippen LogP contribution is -2.49. The van der Waals surface area contributed by atoms with Gasteiger partial charge in [-0.3, -0.25) is 19.1 Å². The van der Waals surface area contributed by atoms with E-state index in [1.54, 1.807) is 0 Å². The Morgan fingerprint density at radius 2 is 1.74 bits per heavy atom. The summed E-state index contributed by atoms with van der Waals surface area (Å²) >= 11 is 0. The summed E-state index contributed by atoms with van der Waals surface area (Å²) in [4.78, 5) is 39.5. The molecule has 2 atom stereocenters. The van der Waals surface area contributed by atoms with Crippen LogP contribution in [0.3, 0.4) is 0 Å². The van der Waals surface area contributed by atoms with E-state index in [1.165, 1.54) is 36.0 Å². The molecule has 14 heteroatoms. The van der Waals surface area contributed by atoms with Crippen molar-refractivity contribution in [2.75, 3.05) is 18.9 Å². The van der Waals surface area contributed by atoms with E-state index < -0.39 is 60.2 Å². The maximum atomic E-state index is 15.1. The molecule has 3 rings (SSSR count). The topological polar surface area (TPSA) is 96.3 Å². The molecule has 8 nitrogen and oxygen atoms in total. The number of nitrogens with one attached hydrogen (secondary N) is 2. The molecular weight excluding hydrogens is 568 g/mol. The summed E-state index contributed by atoms with van der Waals surface area (Å²) in [5.41, 5.74) is -0.0274. The van der Waals surface area contributed by atoms with Crippen LogP contribution in [0, 0.1) is 11.7 Å². The highest BCUT2D eigenvalue weighted by Crippen LogP contribution is 2.34. The molecule has 0 radical (unpaired) electrons. The van der Waals surface area contributed by atoms with Gasteiger partial charge in [-0.05, 0) is 81.7 Å². The first-order chi connectivity index (χ1) is 19.6. The number of alkyl halides is 3. The number of benzene rings is 1. The minimum atomic E-state index is -4.60. The van der Waals surface area contributed by atoms with Gasteiger partial charge >= 0.3 is 6.18 Å². The molecule has 42 heavy (non-hydrogen) atoms. The first-order valence-corrected chi connectivity index (χ1v) is 13.4. The molecule has 1 heterocycles. The first kappa shape index (κ1) is 32.7. The smallest absolute Gasteiger partial charge is 0.339 e. The molecule has 0 spiro atoms. The lowest BCUT2D eigenvalue weighted by Gasteiger charge is -2.31. The molecule has 1 saturated carbocycles. The summed E-state index contributed by atoms with van der Waals surface area (Å²) in [5.74, 6) is -4.85. The van der Waals surface area contributed by atoms with Crippen molar-refractivity contribution in [3.63, 3.8) is 0 Å². The van der Waals surface area contributed by atoms with E-state index in [-0.39, 0.29) is 54.2 Å². The SMILES string of the molecule is CC(C)n1nccc1C(=O)N[C@H](C(=O)Nc1ccc([C@H](C)C(=O)N(C)CC(F)(F)F)cc1F)C1CCC(=C(F)F)CC1. The number of rotatable bonds is 9. The Morgan fingerprint density at radius 3 is 2.29 bits per heavy atom. The molecular formula is C28H33F6N5O3. The van der Waals surface area contributed by atoms with Crippen molar-refractivity contribution in [1.29, 1.82) is 0 Å². The Bertz CT molecular complexity index is 1330. The molecule has 230 valence electrons. The Kier molecular flexibility index (Phi) is 10.4. The number of aromatic nitrogens is 2. The Balaban J connectivity index is 1.81. The van der Waals surface area contributed by atoms with Gasteiger partial charge in [0.25, 0.3) is 12.0 Å². The van der Waals surface area contributed by atoms with Gasteiger partial charge < -0.3 is 15.5 Å². The lowest BCUT2D eigenvalue weighted by molar-refractivity contribution is -0.159. The van der Waals surface area contributed by atoms with Crippen LogP contribution in [0.5, 0.6) is 0 Å². The van der Waals surface area contributed by atoms with Crippen molar-refractivity contribution in [3.05, 3.63) is 59.2 Å². The van der Waals surface area contributed by atoms with Crippen molar-refractivity contribution in [2.45, 2.75) is 70.6 Å². The minimum absolute atomic E-state index is 0.0132. The fourth-order valence-electron chi connectivity index (χ4n) is 4.96. The van der Waals surface area contributed by atoms with Gasteiger partial charge in [0.15, 0.2) is 0 Å². The molecule has 0 saturated heterocycles. The zero-order valence-electron chi connectivity index (χ0n) is 23.6. The van der Waals surface area contributed by atoms with Crippen molar-refractivity contribution in [3.8, 4) is 0 Å². The van der Waals surface area contributed by atoms with E-state index in [1.807, 2.05) is 13.8 Å². The van der Waals surface area contributed by atoms with Gasteiger partial charge in [-0.15, -0.1) is 0 Å². The number of halogens is 6. The predicted octanol–water partition coefficient (Wildman–Crippen LogP) is 5.81. The highest BCUT2D eigenvalue weighted by atomic mass is 19.4. The quantitative estimate of drug-likeness (QED) is 0.355. The summed E-state index contributed by atoms with van der Waals surface area (Å²) in [6.45, 7) is 3.49. The molecule has 1 aromatic carbocycles. The van der Waals surface area contributed by atoms with Crippen LogP contribution < -0.4 is 10.6 Å². The molecule has 1 fully saturated rings. The number of anilines is 1. The number of amides is 3. The first-order valence-electron chi connectivity index (χ1n) is 13.4. The van der Waals surface area contributed by atoms with Crippen molar-refractivity contribution >= 4 is 23.4 Å². The number of hydrogen-bond donors (Lipinski definition) is 2. The van der Waals surface area contributed by atoms with Crippen LogP contribution in [0.1, 0.15) is 74.5 Å². The number of likely N-dealkylation sites (N-methyl/N-ethyl adjacent to an activating group) is 1. The molecule has 1 aliphatic rings. The van der Waals surface area contributed by atoms with Crippen LogP contribution in [0.4, 0.5) is 32.0 Å². The monoisotopic (exact) mass is 601 g/mol. The summed E-state index contributed by atoms with van der Waals surface area (Å²) in [5, 5.41) is 9.19. The zero-order valence-corrected chi connectivity index (χ0v) is 23.6. The van der Waals surface area contributed by atoms with E-state index in [4.69, 9.17) is 0 Å². The fraction of sp³-hybridized carbons (Fsp3) is 0.500. The minimum Gasteiger partial charge on any atom is -0.339 e. The summed E-state index contributed by atoms with van der Waals surface area (Å²) < 4.78 is 80.8. The molecule has 1 aliphatic carbocycles. The van der Waals surface area contributed by atoms with Crippen molar-refractivity contribution in [1.82, 2.24) is 20.0 Å². The molecule has 3 amide bonds. The van der Waals surface area contributed by atoms with E-state index >= 15 is 4.39 Å². The number of carbonyl (C=O) groups excluding carboxylic acids is 3. The average molecular weight is 602 g/mol. The highest BCUT2D eigenvalue weighted by Gasteiger charge is 2.35. The van der Waals surface area contributed by atoms with Crippen LogP contribution in [-0.2, 0) is 9.59 Å². The van der Waals surface area contributed by atoms with Crippen LogP contribution >= 0.6 is 0 Å². The van der Waals surface area contributed by atoms with Crippen molar-refractivity contribution < 1.29 is 40.7 Å². The second kappa shape index (κ2) is 13.4. The molecule has 0 unspecified atom stereocenters. The maximum absolute atomic E-state index is 15.1. The highest BCUT2D eigenvalue weighted by molar-refractivity contribution is 6.00. The molecule has 0 bridgehead atoms. The van der Waals surface area contributed by atoms with Crippen LogP contribution in [0.2, 0.25) is 0 Å². The molecule has 2 aromatic rings.